The van der Waals surface area contributed by atoms with E-state index in [4.69, 9.17) is 17.0 Å². The molecule has 6 rings (SSSR count). The van der Waals surface area contributed by atoms with Crippen LogP contribution in [-0.2, 0) is 55.0 Å². The molecule has 0 unspecified atom stereocenters. The van der Waals surface area contributed by atoms with Crippen molar-refractivity contribution in [1.82, 2.24) is 0 Å². The van der Waals surface area contributed by atoms with Crippen molar-refractivity contribution in [2.24, 2.45) is 0 Å². The molecule has 30 radical (unpaired) electrons. The monoisotopic (exact) mass is 774 g/mol. The first-order valence-corrected chi connectivity index (χ1v) is 25.4. The van der Waals surface area contributed by atoms with Crippen LogP contribution in [0.5, 0.6) is 0 Å². The molecule has 0 atom stereocenters. The fourth-order valence-corrected chi connectivity index (χ4v) is 8.91. The van der Waals surface area contributed by atoms with E-state index in [9.17, 15) is 0 Å². The van der Waals surface area contributed by atoms with E-state index in [0.29, 0.717) is 0 Å². The average molecular weight is 777 g/mol. The Balaban J connectivity index is 0.000000532. The summed E-state index contributed by atoms with van der Waals surface area (Å²) in [6.45, 7) is 9.60. The van der Waals surface area contributed by atoms with Crippen LogP contribution in [-0.4, -0.2) is 16.1 Å². The molecule has 6 saturated carbocycles. The molecule has 6 aliphatic rings. The molecule has 0 aromatic carbocycles. The zero-order valence-electron chi connectivity index (χ0n) is 24.0. The van der Waals surface area contributed by atoms with Crippen LogP contribution in [0.3, 0.4) is 0 Å². The zero-order chi connectivity index (χ0) is 28.4. The van der Waals surface area contributed by atoms with Crippen LogP contribution in [0.15, 0.2) is 0 Å². The van der Waals surface area contributed by atoms with Crippen LogP contribution in [0.2, 0.25) is 26.2 Å². The van der Waals surface area contributed by atoms with Crippen LogP contribution in [0, 0.1) is 189 Å². The summed E-state index contributed by atoms with van der Waals surface area (Å²) in [6.07, 6.45) is 55.0. The van der Waals surface area contributed by atoms with E-state index < -0.39 is 37.0 Å². The minimum Gasteiger partial charge on any atom is 2.00 e. The third-order valence-electron chi connectivity index (χ3n) is 6.65. The minimum absolute atomic E-state index is 0. The molecule has 0 amide bonds. The van der Waals surface area contributed by atoms with Crippen LogP contribution < -0.4 is 0 Å². The Bertz CT molecular complexity index is 478. The van der Waals surface area contributed by atoms with Crippen LogP contribution >= 0.6 is 17.0 Å². The summed E-state index contributed by atoms with van der Waals surface area (Å²) >= 11 is -0.826. The van der Waals surface area contributed by atoms with Gasteiger partial charge in [-0.1, -0.05) is 26.2 Å². The second-order valence-corrected chi connectivity index (χ2v) is 22.5. The van der Waals surface area contributed by atoms with Gasteiger partial charge in [0, 0.05) is 0 Å². The Morgan fingerprint density at radius 2 is 0.463 bits per heavy atom. The van der Waals surface area contributed by atoms with Crippen LogP contribution in [0.25, 0.3) is 0 Å². The van der Waals surface area contributed by atoms with Crippen molar-refractivity contribution in [1.29, 1.82) is 0 Å². The minimum atomic E-state index is -1.35. The van der Waals surface area contributed by atoms with E-state index in [1.54, 1.807) is 0 Å². The summed E-state index contributed by atoms with van der Waals surface area (Å²) in [4.78, 5) is 0. The van der Waals surface area contributed by atoms with Crippen LogP contribution in [0.4, 0.5) is 0 Å². The third-order valence-corrected chi connectivity index (χ3v) is 13.8. The maximum absolute atomic E-state index is 4.93. The van der Waals surface area contributed by atoms with Crippen molar-refractivity contribution in [2.75, 3.05) is 0 Å². The maximum atomic E-state index is 4.93. The molecule has 6 aliphatic carbocycles. The molecular weight excluding hydrogens is 738 g/mol. The van der Waals surface area contributed by atoms with Gasteiger partial charge in [-0.25, -0.2) is 0 Å². The molecule has 0 nitrogen and oxygen atoms in total. The van der Waals surface area contributed by atoms with Crippen molar-refractivity contribution in [2.45, 2.75) is 26.2 Å². The Hall–Kier alpha value is 2.94. The predicted molar refractivity (Wildman–Crippen MR) is 171 cm³/mol. The molecule has 7 heteroatoms. The summed E-state index contributed by atoms with van der Waals surface area (Å²) in [7, 11) is 7.17. The molecule has 210 valence electrons. The van der Waals surface area contributed by atoms with E-state index in [1.807, 2.05) is 64.2 Å². The van der Waals surface area contributed by atoms with Crippen molar-refractivity contribution in [3.63, 3.8) is 0 Å². The second-order valence-electron chi connectivity index (χ2n) is 9.94. The Kier molecular flexibility index (Phi) is 27.8. The standard InChI is InChI=1S/2C12H14Si.2C5H5.2ClH.2Fe.Zr/c2*1-13(2,11-7-3-4-8-11)12-9-5-6-10-12;2*1-2-4-5-3-1;;;;;/h2*3-10H,1-2H3;2*1-5H;2*1H;;;/q;;;;;;2*+2;+4/p-2. The van der Waals surface area contributed by atoms with Crippen molar-refractivity contribution < 1.29 is 55.0 Å². The molecule has 0 aromatic heterocycles. The van der Waals surface area contributed by atoms with Gasteiger partial charge in [-0.05, 0) is 189 Å². The molecule has 0 aromatic rings. The van der Waals surface area contributed by atoms with Gasteiger partial charge in [0.05, 0.1) is 16.1 Å². The van der Waals surface area contributed by atoms with Gasteiger partial charge in [0.15, 0.2) is 0 Å². The molecule has 0 bridgehead atoms. The van der Waals surface area contributed by atoms with E-state index >= 15 is 0 Å². The fraction of sp³-hybridized carbons (Fsp3) is 0.118. The molecule has 0 aliphatic heterocycles. The average Bonchev–Trinajstić information content (AvgIpc) is 3.83. The molecular formula is C34H38Cl2Fe2Si2Zr+6. The van der Waals surface area contributed by atoms with Crippen molar-refractivity contribution >= 4 is 33.2 Å². The molecule has 6 fully saturated rings. The van der Waals surface area contributed by atoms with Gasteiger partial charge in [-0.2, -0.15) is 0 Å². The Morgan fingerprint density at radius 3 is 0.585 bits per heavy atom. The van der Waals surface area contributed by atoms with Crippen LogP contribution in [0.1, 0.15) is 0 Å². The topological polar surface area (TPSA) is 0 Å². The number of halogens is 2. The largest absolute Gasteiger partial charge is 2.00 e. The van der Waals surface area contributed by atoms with Gasteiger partial charge in [0.25, 0.3) is 0 Å². The Morgan fingerprint density at radius 1 is 0.341 bits per heavy atom. The maximum Gasteiger partial charge on any atom is 2.00 e. The van der Waals surface area contributed by atoms with Crippen molar-refractivity contribution in [3.05, 3.63) is 189 Å². The summed E-state index contributed by atoms with van der Waals surface area (Å²) in [5.41, 5.74) is 6.11. The van der Waals surface area contributed by atoms with Crippen molar-refractivity contribution in [3.8, 4) is 0 Å². The normalized spacial score (nSPS) is 23.4. The first-order valence-electron chi connectivity index (χ1n) is 13.0. The summed E-state index contributed by atoms with van der Waals surface area (Å²) in [6, 6.07) is 0. The SMILES string of the molecule is C[Si](C)([C]1[CH][CH][CH][CH]1)[C]1[CH][CH][CH][CH]1.C[Si](C)([C]1[CH][CH][CH][CH]1)[C]1[CH][CH][CH][CH]1.[CH]1[CH][CH][CH][CH]1.[CH]1[CH][CH][CH][CH]1.[Cl][Zr+2][Cl].[Fe+2].[Fe+2]. The smallest absolute Gasteiger partial charge is 2.00 e. The molecule has 41 heavy (non-hydrogen) atoms. The first-order chi connectivity index (χ1) is 18.8. The van der Waals surface area contributed by atoms with Gasteiger partial charge in [-0.15, -0.1) is 0 Å². The van der Waals surface area contributed by atoms with E-state index in [0.717, 1.165) is 0 Å². The third kappa shape index (κ3) is 17.1. The van der Waals surface area contributed by atoms with E-state index in [2.05, 4.69) is 129 Å². The van der Waals surface area contributed by atoms with Gasteiger partial charge >= 0.3 is 72.0 Å². The van der Waals surface area contributed by atoms with Gasteiger partial charge in [-0.3, -0.25) is 0 Å². The number of rotatable bonds is 4. The molecule has 0 heterocycles. The van der Waals surface area contributed by atoms with Gasteiger partial charge in [0.2, 0.25) is 0 Å². The Labute approximate surface area is 300 Å². The molecule has 0 spiro atoms. The first kappa shape index (κ1) is 43.9. The number of hydrogen-bond donors (Lipinski definition) is 0. The predicted octanol–water partition coefficient (Wildman–Crippen LogP) is 8.58. The summed E-state index contributed by atoms with van der Waals surface area (Å²) in [5.74, 6) is 0. The van der Waals surface area contributed by atoms with Gasteiger partial charge < -0.3 is 0 Å². The van der Waals surface area contributed by atoms with Gasteiger partial charge in [0.1, 0.15) is 0 Å². The molecule has 0 saturated heterocycles. The van der Waals surface area contributed by atoms with E-state index in [1.165, 1.54) is 22.2 Å². The second kappa shape index (κ2) is 26.0. The number of hydrogen-bond acceptors (Lipinski definition) is 0. The zero-order valence-corrected chi connectivity index (χ0v) is 32.2. The van der Waals surface area contributed by atoms with E-state index in [-0.39, 0.29) is 34.1 Å². The molecule has 0 N–H and O–H groups in total. The summed E-state index contributed by atoms with van der Waals surface area (Å²) < 4.78 is 0. The summed E-state index contributed by atoms with van der Waals surface area (Å²) in [5, 5.41) is 0. The fourth-order valence-electron chi connectivity index (χ4n) is 4.14. The quantitative estimate of drug-likeness (QED) is 0.251.